The van der Waals surface area contributed by atoms with Crippen LogP contribution in [-0.2, 0) is 5.75 Å². The number of hydrogen-bond acceptors (Lipinski definition) is 3. The molecule has 1 aliphatic rings. The Labute approximate surface area is 104 Å². The average molecular weight is 244 g/mol. The molecule has 2 N–H and O–H groups in total. The molecule has 3 rings (SSSR count). The number of aliphatic hydroxyl groups excluding tert-OH is 1. The van der Waals surface area contributed by atoms with E-state index in [1.54, 1.807) is 17.8 Å². The van der Waals surface area contributed by atoms with E-state index < -0.39 is 6.10 Å². The van der Waals surface area contributed by atoms with E-state index in [0.717, 1.165) is 21.8 Å². The number of aliphatic hydroxyl groups is 1. The van der Waals surface area contributed by atoms with Crippen LogP contribution in [-0.4, -0.2) is 10.2 Å². The summed E-state index contributed by atoms with van der Waals surface area (Å²) in [6.45, 7) is 0. The van der Waals surface area contributed by atoms with Crippen LogP contribution in [0, 0.1) is 0 Å². The fourth-order valence-electron chi connectivity index (χ4n) is 2.19. The highest BCUT2D eigenvalue weighted by atomic mass is 32.2. The van der Waals surface area contributed by atoms with Gasteiger partial charge in [0.25, 0.3) is 0 Å². The van der Waals surface area contributed by atoms with E-state index in [-0.39, 0.29) is 5.75 Å². The Morgan fingerprint density at radius 2 is 1.88 bits per heavy atom. The predicted molar refractivity (Wildman–Crippen MR) is 68.2 cm³/mol. The van der Waals surface area contributed by atoms with E-state index in [1.165, 1.54) is 0 Å². The normalized spacial score (nSPS) is 18.1. The predicted octanol–water partition coefficient (Wildman–Crippen LogP) is 3.08. The third kappa shape index (κ3) is 1.72. The summed E-state index contributed by atoms with van der Waals surface area (Å²) in [6, 6.07) is 13.2. The molecule has 2 aromatic rings. The Bertz CT molecular complexity index is 566. The number of thioether (sulfide) groups is 1. The van der Waals surface area contributed by atoms with E-state index in [4.69, 9.17) is 0 Å². The molecule has 0 aliphatic carbocycles. The van der Waals surface area contributed by atoms with Gasteiger partial charge in [0.2, 0.25) is 0 Å². The highest BCUT2D eigenvalue weighted by Gasteiger charge is 2.24. The molecule has 1 heterocycles. The molecule has 0 spiro atoms. The molecular formula is C14H12O2S. The van der Waals surface area contributed by atoms with Gasteiger partial charge in [0, 0.05) is 16.2 Å². The minimum absolute atomic E-state index is 0.173. The zero-order chi connectivity index (χ0) is 11.8. The van der Waals surface area contributed by atoms with Crippen LogP contribution in [0.2, 0.25) is 0 Å². The molecule has 1 atom stereocenters. The Kier molecular flexibility index (Phi) is 2.57. The van der Waals surface area contributed by atoms with Crippen molar-refractivity contribution in [2.24, 2.45) is 0 Å². The molecule has 0 saturated carbocycles. The number of benzene rings is 2. The van der Waals surface area contributed by atoms with Crippen LogP contribution in [0.15, 0.2) is 47.4 Å². The fourth-order valence-corrected chi connectivity index (χ4v) is 3.27. The zero-order valence-electron chi connectivity index (χ0n) is 9.13. The topological polar surface area (TPSA) is 40.5 Å². The SMILES string of the molecule is Oc1cccc2c1C(O)c1ccccc1SC2. The Morgan fingerprint density at radius 1 is 1.06 bits per heavy atom. The van der Waals surface area contributed by atoms with Crippen molar-refractivity contribution in [3.05, 3.63) is 59.2 Å². The number of phenolic OH excluding ortho intramolecular Hbond substituents is 1. The molecule has 0 saturated heterocycles. The molecule has 2 aromatic carbocycles. The smallest absolute Gasteiger partial charge is 0.122 e. The largest absolute Gasteiger partial charge is 0.508 e. The van der Waals surface area contributed by atoms with Crippen LogP contribution in [0.4, 0.5) is 0 Å². The van der Waals surface area contributed by atoms with Crippen molar-refractivity contribution < 1.29 is 10.2 Å². The number of phenols is 1. The molecule has 0 aromatic heterocycles. The summed E-state index contributed by atoms with van der Waals surface area (Å²) in [5.74, 6) is 0.949. The van der Waals surface area contributed by atoms with E-state index in [2.05, 4.69) is 0 Å². The summed E-state index contributed by atoms with van der Waals surface area (Å²) in [6.07, 6.45) is -0.739. The van der Waals surface area contributed by atoms with Crippen LogP contribution in [0.1, 0.15) is 22.8 Å². The van der Waals surface area contributed by atoms with Gasteiger partial charge in [0.15, 0.2) is 0 Å². The van der Waals surface area contributed by atoms with Crippen LogP contribution >= 0.6 is 11.8 Å². The van der Waals surface area contributed by atoms with E-state index in [1.807, 2.05) is 36.4 Å². The van der Waals surface area contributed by atoms with Crippen LogP contribution in [0.25, 0.3) is 0 Å². The van der Waals surface area contributed by atoms with E-state index in [9.17, 15) is 10.2 Å². The lowest BCUT2D eigenvalue weighted by molar-refractivity contribution is 0.212. The lowest BCUT2D eigenvalue weighted by atomic mass is 9.97. The van der Waals surface area contributed by atoms with Gasteiger partial charge in [-0.2, -0.15) is 0 Å². The molecular weight excluding hydrogens is 232 g/mol. The summed E-state index contributed by atoms with van der Waals surface area (Å²) in [4.78, 5) is 1.08. The molecule has 0 amide bonds. The van der Waals surface area contributed by atoms with Gasteiger partial charge in [-0.3, -0.25) is 0 Å². The maximum absolute atomic E-state index is 10.4. The molecule has 0 bridgehead atoms. The Morgan fingerprint density at radius 3 is 2.76 bits per heavy atom. The van der Waals surface area contributed by atoms with Crippen LogP contribution in [0.5, 0.6) is 5.75 Å². The molecule has 2 nitrogen and oxygen atoms in total. The highest BCUT2D eigenvalue weighted by molar-refractivity contribution is 7.98. The van der Waals surface area contributed by atoms with Crippen molar-refractivity contribution in [2.75, 3.05) is 0 Å². The lowest BCUT2D eigenvalue weighted by Gasteiger charge is -2.14. The summed E-state index contributed by atoms with van der Waals surface area (Å²) in [5.41, 5.74) is 2.52. The first-order valence-corrected chi connectivity index (χ1v) is 6.46. The van der Waals surface area contributed by atoms with Crippen LogP contribution < -0.4 is 0 Å². The highest BCUT2D eigenvalue weighted by Crippen LogP contribution is 2.42. The third-order valence-corrected chi connectivity index (χ3v) is 4.18. The number of fused-ring (bicyclic) bond motifs is 2. The van der Waals surface area contributed by atoms with Gasteiger partial charge in [-0.1, -0.05) is 30.3 Å². The standard InChI is InChI=1S/C14H12O2S/c15-11-6-3-4-9-8-17-12-7-2-1-5-10(12)14(16)13(9)11/h1-7,14-16H,8H2. The van der Waals surface area contributed by atoms with Gasteiger partial charge in [-0.15, -0.1) is 11.8 Å². The summed E-state index contributed by atoms with van der Waals surface area (Å²) in [7, 11) is 0. The zero-order valence-corrected chi connectivity index (χ0v) is 9.95. The number of rotatable bonds is 0. The van der Waals surface area contributed by atoms with E-state index >= 15 is 0 Å². The molecule has 17 heavy (non-hydrogen) atoms. The van der Waals surface area contributed by atoms with Crippen molar-refractivity contribution in [3.8, 4) is 5.75 Å². The minimum Gasteiger partial charge on any atom is -0.508 e. The van der Waals surface area contributed by atoms with Gasteiger partial charge in [-0.05, 0) is 23.3 Å². The van der Waals surface area contributed by atoms with E-state index in [0.29, 0.717) is 5.56 Å². The Hall–Kier alpha value is -1.45. The minimum atomic E-state index is -0.739. The van der Waals surface area contributed by atoms with Gasteiger partial charge in [-0.25, -0.2) is 0 Å². The third-order valence-electron chi connectivity index (χ3n) is 3.04. The molecule has 0 fully saturated rings. The van der Waals surface area contributed by atoms with Gasteiger partial charge >= 0.3 is 0 Å². The second-order valence-corrected chi connectivity index (χ2v) is 5.10. The maximum atomic E-state index is 10.4. The summed E-state index contributed by atoms with van der Waals surface area (Å²) >= 11 is 1.69. The number of hydrogen-bond donors (Lipinski definition) is 2. The molecule has 86 valence electrons. The maximum Gasteiger partial charge on any atom is 0.122 e. The quantitative estimate of drug-likeness (QED) is 0.748. The van der Waals surface area contributed by atoms with Crippen molar-refractivity contribution in [1.29, 1.82) is 0 Å². The average Bonchev–Trinajstić information content (AvgIpc) is 2.49. The van der Waals surface area contributed by atoms with Crippen molar-refractivity contribution in [1.82, 2.24) is 0 Å². The second-order valence-electron chi connectivity index (χ2n) is 4.08. The first-order valence-electron chi connectivity index (χ1n) is 5.48. The van der Waals surface area contributed by atoms with Gasteiger partial charge in [0.1, 0.15) is 11.9 Å². The molecule has 1 unspecified atom stereocenters. The van der Waals surface area contributed by atoms with Gasteiger partial charge in [0.05, 0.1) is 0 Å². The number of aromatic hydroxyl groups is 1. The van der Waals surface area contributed by atoms with Gasteiger partial charge < -0.3 is 10.2 Å². The first kappa shape index (κ1) is 10.7. The van der Waals surface area contributed by atoms with Crippen molar-refractivity contribution >= 4 is 11.8 Å². The Balaban J connectivity index is 2.22. The monoisotopic (exact) mass is 244 g/mol. The fraction of sp³-hybridized carbons (Fsp3) is 0.143. The first-order chi connectivity index (χ1) is 8.27. The molecule has 0 radical (unpaired) electrons. The van der Waals surface area contributed by atoms with Crippen molar-refractivity contribution in [2.45, 2.75) is 16.8 Å². The van der Waals surface area contributed by atoms with Crippen LogP contribution in [0.3, 0.4) is 0 Å². The second kappa shape index (κ2) is 4.09. The van der Waals surface area contributed by atoms with Crippen molar-refractivity contribution in [3.63, 3.8) is 0 Å². The summed E-state index contributed by atoms with van der Waals surface area (Å²) < 4.78 is 0. The summed E-state index contributed by atoms with van der Waals surface area (Å²) in [5, 5.41) is 20.3. The lowest BCUT2D eigenvalue weighted by Crippen LogP contribution is -2.02. The molecule has 1 aliphatic heterocycles. The molecule has 3 heteroatoms.